The molecule has 4 fully saturated rings. The fraction of sp³-hybridized carbons (Fsp3) is 0.406. The van der Waals surface area contributed by atoms with Gasteiger partial charge in [0.25, 0.3) is 10.0 Å². The number of anilines is 2. The van der Waals surface area contributed by atoms with Gasteiger partial charge >= 0.3 is 0 Å². The van der Waals surface area contributed by atoms with Crippen molar-refractivity contribution in [3.05, 3.63) is 83.9 Å². The van der Waals surface area contributed by atoms with Gasteiger partial charge in [-0.3, -0.25) is 9.10 Å². The zero-order chi connectivity index (χ0) is 27.2. The number of aryl methyl sites for hydroxylation is 1. The van der Waals surface area contributed by atoms with Crippen molar-refractivity contribution in [1.82, 2.24) is 0 Å². The Morgan fingerprint density at radius 3 is 1.97 bits per heavy atom. The van der Waals surface area contributed by atoms with E-state index in [0.29, 0.717) is 22.5 Å². The molecular weight excluding hydrogens is 508 g/mol. The molecule has 0 heterocycles. The number of sulfonamides is 1. The first kappa shape index (κ1) is 25.9. The Bertz CT molecular complexity index is 1410. The lowest BCUT2D eigenvalue weighted by molar-refractivity contribution is -0.114. The van der Waals surface area contributed by atoms with Gasteiger partial charge in [0.05, 0.1) is 17.7 Å². The van der Waals surface area contributed by atoms with Crippen LogP contribution in [0.15, 0.2) is 77.7 Å². The van der Waals surface area contributed by atoms with Gasteiger partial charge in [-0.1, -0.05) is 29.8 Å². The molecule has 0 spiro atoms. The number of amides is 1. The van der Waals surface area contributed by atoms with E-state index >= 15 is 0 Å². The van der Waals surface area contributed by atoms with Crippen LogP contribution in [-0.2, 0) is 20.2 Å². The van der Waals surface area contributed by atoms with Gasteiger partial charge in [0.15, 0.2) is 0 Å². The lowest BCUT2D eigenvalue weighted by Crippen LogP contribution is -2.48. The maximum absolute atomic E-state index is 13.7. The maximum atomic E-state index is 13.7. The molecule has 7 heteroatoms. The van der Waals surface area contributed by atoms with Crippen LogP contribution < -0.4 is 14.4 Å². The summed E-state index contributed by atoms with van der Waals surface area (Å²) in [5.41, 5.74) is 3.71. The average Bonchev–Trinajstić information content (AvgIpc) is 2.91. The highest BCUT2D eigenvalue weighted by Gasteiger charge is 2.51. The van der Waals surface area contributed by atoms with Crippen LogP contribution in [0.3, 0.4) is 0 Å². The van der Waals surface area contributed by atoms with Gasteiger partial charge in [0.1, 0.15) is 12.3 Å². The lowest BCUT2D eigenvalue weighted by Gasteiger charge is -2.57. The van der Waals surface area contributed by atoms with Crippen LogP contribution in [0.4, 0.5) is 11.4 Å². The molecular formula is C32H36N2O4S. The first-order chi connectivity index (χ1) is 18.7. The topological polar surface area (TPSA) is 75.7 Å². The number of ether oxygens (including phenoxy) is 1. The summed E-state index contributed by atoms with van der Waals surface area (Å²) >= 11 is 0. The van der Waals surface area contributed by atoms with E-state index < -0.39 is 15.9 Å². The molecule has 39 heavy (non-hydrogen) atoms. The summed E-state index contributed by atoms with van der Waals surface area (Å²) in [6.07, 6.45) is 8.09. The Morgan fingerprint density at radius 2 is 1.44 bits per heavy atom. The number of rotatable bonds is 8. The SMILES string of the molecule is COc1ccc(N(CC(=O)Nc2ccc(C34CC5CC(CC(C5)C3)C4)cc2)S(=O)(=O)c2ccc(C)cc2)cc1. The maximum Gasteiger partial charge on any atom is 0.264 e. The van der Waals surface area contributed by atoms with Crippen LogP contribution in [0.5, 0.6) is 5.75 Å². The minimum atomic E-state index is -3.98. The molecule has 4 aliphatic rings. The van der Waals surface area contributed by atoms with Crippen molar-refractivity contribution in [1.29, 1.82) is 0 Å². The number of benzene rings is 3. The van der Waals surface area contributed by atoms with Crippen molar-refractivity contribution < 1.29 is 17.9 Å². The zero-order valence-corrected chi connectivity index (χ0v) is 23.4. The van der Waals surface area contributed by atoms with E-state index in [1.165, 1.54) is 44.1 Å². The number of carbonyl (C=O) groups excluding carboxylic acids is 1. The zero-order valence-electron chi connectivity index (χ0n) is 22.6. The first-order valence-corrected chi connectivity index (χ1v) is 15.3. The Hall–Kier alpha value is -3.32. The Balaban J connectivity index is 1.21. The minimum absolute atomic E-state index is 0.136. The highest BCUT2D eigenvalue weighted by Crippen LogP contribution is 2.60. The summed E-state index contributed by atoms with van der Waals surface area (Å²) < 4.78 is 33.7. The van der Waals surface area contributed by atoms with E-state index in [4.69, 9.17) is 4.74 Å². The van der Waals surface area contributed by atoms with Crippen LogP contribution >= 0.6 is 0 Å². The Morgan fingerprint density at radius 1 is 0.872 bits per heavy atom. The summed E-state index contributed by atoms with van der Waals surface area (Å²) in [5.74, 6) is 2.82. The predicted molar refractivity (Wildman–Crippen MR) is 154 cm³/mol. The predicted octanol–water partition coefficient (Wildman–Crippen LogP) is 6.31. The number of methoxy groups -OCH3 is 1. The molecule has 3 aromatic carbocycles. The van der Waals surface area contributed by atoms with Gasteiger partial charge in [0, 0.05) is 5.69 Å². The number of nitrogens with zero attached hydrogens (tertiary/aromatic N) is 1. The molecule has 0 aromatic heterocycles. The van der Waals surface area contributed by atoms with Gasteiger partial charge in [-0.05, 0) is 123 Å². The smallest absolute Gasteiger partial charge is 0.264 e. The minimum Gasteiger partial charge on any atom is -0.497 e. The summed E-state index contributed by atoms with van der Waals surface area (Å²) in [6, 6.07) is 21.6. The van der Waals surface area contributed by atoms with Crippen molar-refractivity contribution >= 4 is 27.3 Å². The van der Waals surface area contributed by atoms with Crippen molar-refractivity contribution in [3.8, 4) is 5.75 Å². The number of nitrogens with one attached hydrogen (secondary N) is 1. The highest BCUT2D eigenvalue weighted by molar-refractivity contribution is 7.92. The molecule has 1 amide bonds. The molecule has 0 aliphatic heterocycles. The summed E-state index contributed by atoms with van der Waals surface area (Å²) in [4.78, 5) is 13.4. The molecule has 204 valence electrons. The van der Waals surface area contributed by atoms with E-state index in [-0.39, 0.29) is 11.4 Å². The monoisotopic (exact) mass is 544 g/mol. The van der Waals surface area contributed by atoms with E-state index in [9.17, 15) is 13.2 Å². The second-order valence-corrected chi connectivity index (χ2v) is 13.7. The van der Waals surface area contributed by atoms with Crippen LogP contribution in [0.25, 0.3) is 0 Å². The van der Waals surface area contributed by atoms with Gasteiger partial charge < -0.3 is 10.1 Å². The molecule has 4 bridgehead atoms. The fourth-order valence-electron chi connectivity index (χ4n) is 7.60. The summed E-state index contributed by atoms with van der Waals surface area (Å²) in [6.45, 7) is 1.55. The molecule has 4 aliphatic carbocycles. The number of hydrogen-bond acceptors (Lipinski definition) is 4. The molecule has 3 aromatic rings. The second-order valence-electron chi connectivity index (χ2n) is 11.8. The second kappa shape index (κ2) is 10.0. The van der Waals surface area contributed by atoms with Crippen LogP contribution in [0.1, 0.15) is 49.7 Å². The third-order valence-corrected chi connectivity index (χ3v) is 10.9. The van der Waals surface area contributed by atoms with E-state index in [2.05, 4.69) is 17.4 Å². The molecule has 0 unspecified atom stereocenters. The Kier molecular flexibility index (Phi) is 6.66. The Labute approximate surface area is 231 Å². The van der Waals surface area contributed by atoms with Gasteiger partial charge in [0.2, 0.25) is 5.91 Å². The molecule has 4 saturated carbocycles. The standard InChI is InChI=1S/C32H36N2O4S/c1-22-3-13-30(14-4-22)39(36,37)34(28-9-11-29(38-2)12-10-28)21-31(35)33-27-7-5-26(6-8-27)32-18-23-15-24(19-32)17-25(16-23)20-32/h3-14,23-25H,15-21H2,1-2H3,(H,33,35). The van der Waals surface area contributed by atoms with Crippen molar-refractivity contribution in [2.45, 2.75) is 55.8 Å². The molecule has 0 radical (unpaired) electrons. The van der Waals surface area contributed by atoms with Crippen molar-refractivity contribution in [2.24, 2.45) is 17.8 Å². The normalized spacial score (nSPS) is 25.3. The van der Waals surface area contributed by atoms with Crippen molar-refractivity contribution in [3.63, 3.8) is 0 Å². The third-order valence-electron chi connectivity index (χ3n) is 9.08. The third kappa shape index (κ3) is 5.05. The molecule has 7 rings (SSSR count). The number of carbonyl (C=O) groups is 1. The molecule has 1 N–H and O–H groups in total. The fourth-order valence-corrected chi connectivity index (χ4v) is 9.02. The highest BCUT2D eigenvalue weighted by atomic mass is 32.2. The molecule has 0 atom stereocenters. The number of hydrogen-bond donors (Lipinski definition) is 1. The summed E-state index contributed by atoms with van der Waals surface area (Å²) in [5, 5.41) is 2.93. The quantitative estimate of drug-likeness (QED) is 0.361. The van der Waals surface area contributed by atoms with Crippen molar-refractivity contribution in [2.75, 3.05) is 23.3 Å². The van der Waals surface area contributed by atoms with E-state index in [1.54, 1.807) is 55.6 Å². The summed E-state index contributed by atoms with van der Waals surface area (Å²) in [7, 11) is -2.43. The van der Waals surface area contributed by atoms with E-state index in [0.717, 1.165) is 27.6 Å². The van der Waals surface area contributed by atoms with Crippen LogP contribution in [-0.4, -0.2) is 28.0 Å². The molecule has 6 nitrogen and oxygen atoms in total. The van der Waals surface area contributed by atoms with Gasteiger partial charge in [-0.25, -0.2) is 8.42 Å². The molecule has 0 saturated heterocycles. The average molecular weight is 545 g/mol. The van der Waals surface area contributed by atoms with Crippen LogP contribution in [0, 0.1) is 24.7 Å². The lowest BCUT2D eigenvalue weighted by atomic mass is 9.48. The van der Waals surface area contributed by atoms with Crippen LogP contribution in [0.2, 0.25) is 0 Å². The van der Waals surface area contributed by atoms with E-state index in [1.807, 2.05) is 19.1 Å². The van der Waals surface area contributed by atoms with Gasteiger partial charge in [-0.15, -0.1) is 0 Å². The van der Waals surface area contributed by atoms with Gasteiger partial charge in [-0.2, -0.15) is 0 Å². The largest absolute Gasteiger partial charge is 0.497 e. The first-order valence-electron chi connectivity index (χ1n) is 13.9.